The Labute approximate surface area is 89.3 Å². The van der Waals surface area contributed by atoms with E-state index in [2.05, 4.69) is 16.6 Å². The molecule has 4 heteroatoms. The van der Waals surface area contributed by atoms with Gasteiger partial charge in [0.25, 0.3) is 0 Å². The molecule has 0 radical (unpaired) electrons. The molecule has 0 aromatic carbocycles. The van der Waals surface area contributed by atoms with Crippen molar-refractivity contribution >= 4 is 24.3 Å². The van der Waals surface area contributed by atoms with Gasteiger partial charge in [-0.05, 0) is 24.8 Å². The Hall–Kier alpha value is -1.03. The van der Waals surface area contributed by atoms with Crippen LogP contribution >= 0.6 is 11.8 Å². The van der Waals surface area contributed by atoms with Crippen molar-refractivity contribution in [1.82, 2.24) is 4.90 Å². The summed E-state index contributed by atoms with van der Waals surface area (Å²) in [6.45, 7) is 7.89. The maximum absolute atomic E-state index is 4.33. The van der Waals surface area contributed by atoms with E-state index in [1.807, 2.05) is 38.1 Å². The summed E-state index contributed by atoms with van der Waals surface area (Å²) in [4.78, 5) is 11.6. The third-order valence-electron chi connectivity index (χ3n) is 1.86. The van der Waals surface area contributed by atoms with E-state index in [0.717, 1.165) is 9.93 Å². The van der Waals surface area contributed by atoms with Gasteiger partial charge in [0, 0.05) is 13.3 Å². The highest BCUT2D eigenvalue weighted by atomic mass is 32.2. The zero-order valence-corrected chi connectivity index (χ0v) is 9.58. The van der Waals surface area contributed by atoms with E-state index in [1.54, 1.807) is 18.1 Å². The minimum atomic E-state index is 0.110. The van der Waals surface area contributed by atoms with Gasteiger partial charge in [0.05, 0.1) is 11.4 Å². The Morgan fingerprint density at radius 3 is 3.00 bits per heavy atom. The third kappa shape index (κ3) is 3.38. The summed E-state index contributed by atoms with van der Waals surface area (Å²) >= 11 is 1.55. The van der Waals surface area contributed by atoms with Crippen molar-refractivity contribution in [2.75, 3.05) is 7.05 Å². The maximum Gasteiger partial charge on any atom is 0.118 e. The standard InChI is InChI=1S/C10H15N3S/c1-8-5-6-11-9(2)13(4)7-12-10(3)14-8/h5-7,9H,3H2,1-2,4H3/b8-5+,11-6?,12-7?. The molecule has 0 bridgehead atoms. The zero-order chi connectivity index (χ0) is 10.6. The zero-order valence-electron chi connectivity index (χ0n) is 8.77. The number of hydrogen-bond donors (Lipinski definition) is 0. The van der Waals surface area contributed by atoms with Crippen LogP contribution in [0, 0.1) is 0 Å². The molecule has 0 aromatic heterocycles. The van der Waals surface area contributed by atoms with Gasteiger partial charge in [-0.2, -0.15) is 0 Å². The summed E-state index contributed by atoms with van der Waals surface area (Å²) in [6, 6.07) is 0. The summed E-state index contributed by atoms with van der Waals surface area (Å²) in [5, 5.41) is 0.799. The Morgan fingerprint density at radius 1 is 1.57 bits per heavy atom. The molecule has 14 heavy (non-hydrogen) atoms. The second-order valence-electron chi connectivity index (χ2n) is 3.11. The van der Waals surface area contributed by atoms with Crippen molar-refractivity contribution in [2.24, 2.45) is 9.98 Å². The first-order valence-corrected chi connectivity index (χ1v) is 5.24. The molecule has 1 unspecified atom stereocenters. The summed E-state index contributed by atoms with van der Waals surface area (Å²) < 4.78 is 0. The number of hydrogen-bond acceptors (Lipinski definition) is 4. The number of allylic oxidation sites excluding steroid dienone is 2. The van der Waals surface area contributed by atoms with Crippen molar-refractivity contribution in [1.29, 1.82) is 0 Å². The van der Waals surface area contributed by atoms with E-state index in [9.17, 15) is 0 Å². The molecule has 0 aliphatic carbocycles. The van der Waals surface area contributed by atoms with Crippen molar-refractivity contribution < 1.29 is 0 Å². The predicted molar refractivity (Wildman–Crippen MR) is 64.7 cm³/mol. The molecule has 0 aromatic rings. The Morgan fingerprint density at radius 2 is 2.29 bits per heavy atom. The number of nitrogens with zero attached hydrogens (tertiary/aromatic N) is 3. The highest BCUT2D eigenvalue weighted by Crippen LogP contribution is 2.23. The average molecular weight is 209 g/mol. The van der Waals surface area contributed by atoms with Gasteiger partial charge in [-0.3, -0.25) is 4.99 Å². The molecule has 0 fully saturated rings. The van der Waals surface area contributed by atoms with Gasteiger partial charge in [0.15, 0.2) is 0 Å². The lowest BCUT2D eigenvalue weighted by Gasteiger charge is -2.18. The molecular weight excluding hydrogens is 194 g/mol. The fourth-order valence-electron chi connectivity index (χ4n) is 0.876. The van der Waals surface area contributed by atoms with Crippen LogP contribution in [0.2, 0.25) is 0 Å². The van der Waals surface area contributed by atoms with Gasteiger partial charge in [-0.25, -0.2) is 4.99 Å². The lowest BCUT2D eigenvalue weighted by Crippen LogP contribution is -2.25. The highest BCUT2D eigenvalue weighted by molar-refractivity contribution is 8.06. The lowest BCUT2D eigenvalue weighted by atomic mass is 10.5. The van der Waals surface area contributed by atoms with E-state index in [1.165, 1.54) is 0 Å². The van der Waals surface area contributed by atoms with Crippen molar-refractivity contribution in [3.05, 3.63) is 22.6 Å². The molecule has 0 spiro atoms. The highest BCUT2D eigenvalue weighted by Gasteiger charge is 2.03. The van der Waals surface area contributed by atoms with Crippen LogP contribution < -0.4 is 0 Å². The van der Waals surface area contributed by atoms with Crippen molar-refractivity contribution in [3.8, 4) is 0 Å². The summed E-state index contributed by atoms with van der Waals surface area (Å²) in [6.07, 6.45) is 5.67. The number of rotatable bonds is 0. The maximum atomic E-state index is 4.33. The monoisotopic (exact) mass is 209 g/mol. The summed E-state index contributed by atoms with van der Waals surface area (Å²) in [5.41, 5.74) is 0. The Kier molecular flexibility index (Phi) is 3.95. The van der Waals surface area contributed by atoms with Crippen LogP contribution in [0.5, 0.6) is 0 Å². The molecular formula is C10H15N3S. The van der Waals surface area contributed by atoms with Crippen LogP contribution in [0.1, 0.15) is 13.8 Å². The van der Waals surface area contributed by atoms with E-state index >= 15 is 0 Å². The number of thioether (sulfide) groups is 1. The van der Waals surface area contributed by atoms with E-state index in [0.29, 0.717) is 0 Å². The molecule has 1 heterocycles. The SMILES string of the molecule is C=C1N=CN(C)C(C)N=C/C=C(\C)S1. The van der Waals surface area contributed by atoms with Crippen molar-refractivity contribution in [2.45, 2.75) is 20.0 Å². The minimum Gasteiger partial charge on any atom is -0.344 e. The molecule has 1 rings (SSSR count). The smallest absolute Gasteiger partial charge is 0.118 e. The molecule has 76 valence electrons. The van der Waals surface area contributed by atoms with Crippen LogP contribution in [0.4, 0.5) is 0 Å². The fraction of sp³-hybridized carbons (Fsp3) is 0.400. The number of aliphatic imine (C=N–C) groups is 2. The predicted octanol–water partition coefficient (Wildman–Crippen LogP) is 2.49. The first-order valence-electron chi connectivity index (χ1n) is 4.42. The van der Waals surface area contributed by atoms with Gasteiger partial charge in [0.1, 0.15) is 6.17 Å². The molecule has 0 saturated carbocycles. The van der Waals surface area contributed by atoms with Crippen LogP contribution in [0.15, 0.2) is 32.6 Å². The van der Waals surface area contributed by atoms with Crippen molar-refractivity contribution in [3.63, 3.8) is 0 Å². The van der Waals surface area contributed by atoms with E-state index < -0.39 is 0 Å². The van der Waals surface area contributed by atoms with Crippen LogP contribution in [0.3, 0.4) is 0 Å². The molecule has 0 N–H and O–H groups in total. The van der Waals surface area contributed by atoms with Crippen LogP contribution in [-0.4, -0.2) is 30.7 Å². The molecule has 1 aliphatic heterocycles. The lowest BCUT2D eigenvalue weighted by molar-refractivity contribution is 0.416. The normalized spacial score (nSPS) is 27.4. The minimum absolute atomic E-state index is 0.110. The van der Waals surface area contributed by atoms with Gasteiger partial charge >= 0.3 is 0 Å². The second-order valence-corrected chi connectivity index (χ2v) is 4.43. The Bertz CT molecular complexity index is 304. The van der Waals surface area contributed by atoms with Gasteiger partial charge in [-0.1, -0.05) is 18.3 Å². The van der Waals surface area contributed by atoms with E-state index in [4.69, 9.17) is 0 Å². The molecule has 0 saturated heterocycles. The third-order valence-corrected chi connectivity index (χ3v) is 2.66. The van der Waals surface area contributed by atoms with Gasteiger partial charge in [-0.15, -0.1) is 0 Å². The van der Waals surface area contributed by atoms with E-state index in [-0.39, 0.29) is 6.17 Å². The first-order chi connectivity index (χ1) is 6.59. The second kappa shape index (κ2) is 5.00. The average Bonchev–Trinajstić information content (AvgIpc) is 2.12. The van der Waals surface area contributed by atoms with Gasteiger partial charge < -0.3 is 4.90 Å². The Balaban J connectivity index is 2.87. The molecule has 1 atom stereocenters. The topological polar surface area (TPSA) is 28.0 Å². The molecule has 0 amide bonds. The molecule has 1 aliphatic rings. The molecule has 3 nitrogen and oxygen atoms in total. The quantitative estimate of drug-likeness (QED) is 0.613. The largest absolute Gasteiger partial charge is 0.344 e. The van der Waals surface area contributed by atoms with Crippen LogP contribution in [0.25, 0.3) is 0 Å². The fourth-order valence-corrected chi connectivity index (χ4v) is 1.48. The van der Waals surface area contributed by atoms with Crippen LogP contribution in [-0.2, 0) is 0 Å². The summed E-state index contributed by atoms with van der Waals surface area (Å²) in [7, 11) is 1.95. The first kappa shape index (κ1) is 11.0. The summed E-state index contributed by atoms with van der Waals surface area (Å²) in [5.74, 6) is 0. The van der Waals surface area contributed by atoms with Gasteiger partial charge in [0.2, 0.25) is 0 Å².